The molecule has 0 aliphatic carbocycles. The summed E-state index contributed by atoms with van der Waals surface area (Å²) in [5, 5.41) is 15.5. The van der Waals surface area contributed by atoms with E-state index in [0.717, 1.165) is 22.8 Å². The van der Waals surface area contributed by atoms with Crippen molar-refractivity contribution in [1.82, 2.24) is 20.4 Å². The summed E-state index contributed by atoms with van der Waals surface area (Å²) in [5.74, 6) is 0. The maximum absolute atomic E-state index is 3.87. The third-order valence-corrected chi connectivity index (χ3v) is 2.87. The number of hydrogen-bond donors (Lipinski definition) is 0. The topological polar surface area (TPSA) is 51.6 Å². The number of nitrogens with zero attached hydrogens (tertiary/aromatic N) is 4. The molecule has 2 aromatic rings. The fraction of sp³-hybridized carbons (Fsp3) is 0.500. The van der Waals surface area contributed by atoms with Crippen molar-refractivity contribution < 1.29 is 51.0 Å². The van der Waals surface area contributed by atoms with Crippen LogP contribution in [0.1, 0.15) is 33.9 Å². The summed E-state index contributed by atoms with van der Waals surface area (Å²) in [5.41, 5.74) is 6.60. The summed E-state index contributed by atoms with van der Waals surface area (Å²) in [6, 6.07) is 0. The molecular weight excluding hydrogens is 362 g/mol. The van der Waals surface area contributed by atoms with Crippen molar-refractivity contribution in [2.24, 2.45) is 0 Å². The van der Waals surface area contributed by atoms with Crippen LogP contribution in [-0.4, -0.2) is 20.4 Å². The molecule has 0 amide bonds. The number of hydrogen-bond acceptors (Lipinski definition) is 4. The summed E-state index contributed by atoms with van der Waals surface area (Å²) < 4.78 is 0. The molecule has 2 heterocycles. The Balaban J connectivity index is -0.000000233. The second-order valence-corrected chi connectivity index (χ2v) is 3.99. The van der Waals surface area contributed by atoms with E-state index in [2.05, 4.69) is 20.4 Å². The van der Waals surface area contributed by atoms with Crippen LogP contribution < -0.4 is 24.8 Å². The van der Waals surface area contributed by atoms with Crippen molar-refractivity contribution >= 4 is 0 Å². The van der Waals surface area contributed by atoms with Gasteiger partial charge in [0.1, 0.15) is 0 Å². The van der Waals surface area contributed by atoms with E-state index in [0.29, 0.717) is 0 Å². The van der Waals surface area contributed by atoms with Crippen LogP contribution >= 0.6 is 0 Å². The fourth-order valence-electron chi connectivity index (χ4n) is 1.12. The first-order chi connectivity index (χ1) is 7.43. The van der Waals surface area contributed by atoms with Crippen molar-refractivity contribution in [1.29, 1.82) is 0 Å². The summed E-state index contributed by atoms with van der Waals surface area (Å²) >= 11 is 0. The summed E-state index contributed by atoms with van der Waals surface area (Å²) in [7, 11) is 0. The van der Waals surface area contributed by atoms with Crippen LogP contribution in [0.4, 0.5) is 0 Å². The van der Waals surface area contributed by atoms with E-state index >= 15 is 0 Å². The second kappa shape index (κ2) is 10.6. The summed E-state index contributed by atoms with van der Waals surface area (Å²) in [6.45, 7) is 11.9. The molecule has 0 saturated carbocycles. The van der Waals surface area contributed by atoms with E-state index in [-0.39, 0.29) is 51.0 Å². The molecule has 0 radical (unpaired) electrons. The van der Waals surface area contributed by atoms with Gasteiger partial charge < -0.3 is 24.8 Å². The zero-order valence-electron chi connectivity index (χ0n) is 12.0. The Morgan fingerprint density at radius 1 is 0.684 bits per heavy atom. The van der Waals surface area contributed by atoms with Crippen LogP contribution in [0.25, 0.3) is 0 Å². The Bertz CT molecular complexity index is 397. The van der Waals surface area contributed by atoms with Crippen molar-refractivity contribution in [3.8, 4) is 0 Å². The van der Waals surface area contributed by atoms with E-state index in [1.807, 2.05) is 41.5 Å². The molecule has 0 aromatic carbocycles. The van der Waals surface area contributed by atoms with Gasteiger partial charge in [-0.25, -0.2) is 0 Å². The van der Waals surface area contributed by atoms with Gasteiger partial charge in [0.25, 0.3) is 0 Å². The van der Waals surface area contributed by atoms with Crippen molar-refractivity contribution in [2.45, 2.75) is 41.5 Å². The molecule has 0 saturated heterocycles. The first-order valence-corrected chi connectivity index (χ1v) is 5.29. The average molecular weight is 380 g/mol. The molecule has 2 rings (SSSR count). The molecule has 4 nitrogen and oxygen atoms in total. The van der Waals surface area contributed by atoms with Gasteiger partial charge in [0, 0.05) is 0 Å². The maximum Gasteiger partial charge on any atom is 4.00 e. The summed E-state index contributed by atoms with van der Waals surface area (Å²) in [6.07, 6.45) is 0. The van der Waals surface area contributed by atoms with Crippen LogP contribution in [-0.2, 0) is 26.2 Å². The number of rotatable bonds is 0. The molecule has 0 aliphatic heterocycles. The van der Waals surface area contributed by atoms with Gasteiger partial charge in [-0.15, -0.1) is 0 Å². The molecule has 2 aromatic heterocycles. The molecule has 0 N–H and O–H groups in total. The van der Waals surface area contributed by atoms with Crippen LogP contribution in [0.2, 0.25) is 0 Å². The number of aryl methyl sites for hydroxylation is 4. The van der Waals surface area contributed by atoms with Gasteiger partial charge in [-0.1, -0.05) is 64.3 Å². The van der Waals surface area contributed by atoms with Crippen molar-refractivity contribution in [3.05, 3.63) is 33.9 Å². The van der Waals surface area contributed by atoms with Crippen molar-refractivity contribution in [2.75, 3.05) is 0 Å². The summed E-state index contributed by atoms with van der Waals surface area (Å²) in [4.78, 5) is 0. The molecular formula is C12H18Cl2N4Zr. The van der Waals surface area contributed by atoms with Gasteiger partial charge in [-0.05, 0) is 0 Å². The fourth-order valence-corrected chi connectivity index (χ4v) is 1.12. The first-order valence-electron chi connectivity index (χ1n) is 5.29. The van der Waals surface area contributed by atoms with E-state index < -0.39 is 0 Å². The van der Waals surface area contributed by atoms with Gasteiger partial charge in [0.2, 0.25) is 0 Å². The molecule has 0 unspecified atom stereocenters. The van der Waals surface area contributed by atoms with Gasteiger partial charge in [0.15, 0.2) is 0 Å². The van der Waals surface area contributed by atoms with Gasteiger partial charge in [-0.2, -0.15) is 11.1 Å². The maximum atomic E-state index is 3.87. The van der Waals surface area contributed by atoms with E-state index in [4.69, 9.17) is 0 Å². The zero-order valence-corrected chi connectivity index (χ0v) is 16.0. The van der Waals surface area contributed by atoms with Crippen LogP contribution in [0.5, 0.6) is 0 Å². The van der Waals surface area contributed by atoms with E-state index in [1.165, 1.54) is 11.1 Å². The van der Waals surface area contributed by atoms with Gasteiger partial charge in [0.05, 0.1) is 0 Å². The Labute approximate surface area is 146 Å². The standard InChI is InChI=1S/2C6H9N2.2ClH.Zr/c2*1-4-5(2)7-8-6(4)3;;;/h2*1-3H3;2*1H;/q2*-1;;;+4/p-2. The quantitative estimate of drug-likeness (QED) is 0.441. The second-order valence-electron chi connectivity index (χ2n) is 3.99. The molecule has 104 valence electrons. The molecule has 19 heavy (non-hydrogen) atoms. The number of halogens is 2. The molecule has 0 aliphatic rings. The minimum Gasteiger partial charge on any atom is -1.00 e. The Kier molecular flexibility index (Phi) is 13.4. The predicted octanol–water partition coefficient (Wildman–Crippen LogP) is -3.75. The van der Waals surface area contributed by atoms with Gasteiger partial charge in [-0.3, -0.25) is 20.4 Å². The van der Waals surface area contributed by atoms with Gasteiger partial charge >= 0.3 is 26.2 Å². The predicted molar refractivity (Wildman–Crippen MR) is 63.7 cm³/mol. The smallest absolute Gasteiger partial charge is 1.00 e. The molecule has 0 fully saturated rings. The third-order valence-electron chi connectivity index (χ3n) is 2.87. The third kappa shape index (κ3) is 6.73. The minimum atomic E-state index is 0. The normalized spacial score (nSPS) is 8.32. The monoisotopic (exact) mass is 378 g/mol. The first kappa shape index (κ1) is 23.9. The van der Waals surface area contributed by atoms with Crippen LogP contribution in [0.3, 0.4) is 0 Å². The number of aromatic nitrogens is 4. The molecule has 0 spiro atoms. The molecule has 0 bridgehead atoms. The Morgan fingerprint density at radius 3 is 1.00 bits per heavy atom. The van der Waals surface area contributed by atoms with Crippen molar-refractivity contribution in [3.63, 3.8) is 0 Å². The SMILES string of the molecule is Cc1nn[c-](C)c1C.Cc1nn[c-](C)c1C.[Cl-].[Cl-].[Zr+4]. The average Bonchev–Trinajstić information content (AvgIpc) is 2.70. The zero-order chi connectivity index (χ0) is 12.3. The van der Waals surface area contributed by atoms with Crippen LogP contribution in [0.15, 0.2) is 0 Å². The molecule has 7 heteroatoms. The largest absolute Gasteiger partial charge is 4.00 e. The van der Waals surface area contributed by atoms with Crippen LogP contribution in [0, 0.1) is 41.5 Å². The van der Waals surface area contributed by atoms with E-state index in [9.17, 15) is 0 Å². The Hall–Kier alpha value is -0.117. The molecule has 0 atom stereocenters. The minimum absolute atomic E-state index is 0. The Morgan fingerprint density at radius 2 is 0.947 bits per heavy atom. The van der Waals surface area contributed by atoms with E-state index in [1.54, 1.807) is 0 Å².